The number of urea groups is 2. The minimum atomic E-state index is -0.237. The van der Waals surface area contributed by atoms with Crippen LogP contribution < -0.4 is 5.32 Å². The van der Waals surface area contributed by atoms with Gasteiger partial charge in [-0.05, 0) is 5.92 Å². The molecule has 4 amide bonds. The summed E-state index contributed by atoms with van der Waals surface area (Å²) in [5.41, 5.74) is 0. The predicted molar refractivity (Wildman–Crippen MR) is 94.9 cm³/mol. The van der Waals surface area contributed by atoms with Crippen LogP contribution in [0.1, 0.15) is 19.7 Å². The number of amides is 4. The standard InChI is InChI=1S/C16H27N7O3/c1-12(2)11-13-17-14(20-19-13)18-15(24)21-3-5-22(6-4-21)16(25)23-7-9-26-10-8-23/h12H,3-11H2,1-2H3,(H2,17,18,19,20,24). The fourth-order valence-electron chi connectivity index (χ4n) is 3.06. The number of aromatic amines is 1. The Balaban J connectivity index is 1.46. The molecule has 1 aromatic rings. The summed E-state index contributed by atoms with van der Waals surface area (Å²) in [5, 5.41) is 9.59. The van der Waals surface area contributed by atoms with Crippen LogP contribution in [0.5, 0.6) is 0 Å². The Morgan fingerprint density at radius 2 is 1.69 bits per heavy atom. The first kappa shape index (κ1) is 18.4. The number of piperazine rings is 1. The van der Waals surface area contributed by atoms with Crippen LogP contribution in [0.3, 0.4) is 0 Å². The van der Waals surface area contributed by atoms with Gasteiger partial charge < -0.3 is 19.4 Å². The van der Waals surface area contributed by atoms with Crippen LogP contribution in [-0.4, -0.2) is 94.4 Å². The third-order valence-corrected chi connectivity index (χ3v) is 4.47. The number of anilines is 1. The highest BCUT2D eigenvalue weighted by Crippen LogP contribution is 2.10. The molecule has 0 radical (unpaired) electrons. The Morgan fingerprint density at radius 1 is 1.08 bits per heavy atom. The first-order valence-electron chi connectivity index (χ1n) is 9.11. The van der Waals surface area contributed by atoms with Crippen LogP contribution >= 0.6 is 0 Å². The lowest BCUT2D eigenvalue weighted by atomic mass is 10.1. The molecule has 144 valence electrons. The normalized spacial score (nSPS) is 18.3. The highest BCUT2D eigenvalue weighted by Gasteiger charge is 2.28. The molecule has 2 fully saturated rings. The summed E-state index contributed by atoms with van der Waals surface area (Å²) in [6.45, 7) is 8.65. The van der Waals surface area contributed by atoms with Crippen LogP contribution in [0.15, 0.2) is 0 Å². The first-order chi connectivity index (χ1) is 12.5. The van der Waals surface area contributed by atoms with Crippen molar-refractivity contribution in [3.05, 3.63) is 5.82 Å². The number of ether oxygens (including phenoxy) is 1. The molecule has 0 aliphatic carbocycles. The molecule has 3 rings (SSSR count). The van der Waals surface area contributed by atoms with Gasteiger partial charge in [-0.2, -0.15) is 4.98 Å². The molecule has 0 saturated carbocycles. The Kier molecular flexibility index (Phi) is 5.92. The fourth-order valence-corrected chi connectivity index (χ4v) is 3.06. The van der Waals surface area contributed by atoms with Crippen LogP contribution in [0.2, 0.25) is 0 Å². The van der Waals surface area contributed by atoms with E-state index in [1.54, 1.807) is 9.80 Å². The number of rotatable bonds is 3. The molecule has 3 heterocycles. The monoisotopic (exact) mass is 365 g/mol. The van der Waals surface area contributed by atoms with Crippen molar-refractivity contribution in [3.63, 3.8) is 0 Å². The molecule has 0 aromatic carbocycles. The predicted octanol–water partition coefficient (Wildman–Crippen LogP) is 0.605. The SMILES string of the molecule is CC(C)Cc1nc(NC(=O)N2CCN(C(=O)N3CCOCC3)CC2)n[nH]1. The summed E-state index contributed by atoms with van der Waals surface area (Å²) in [6, 6.07) is -0.209. The molecule has 10 heteroatoms. The van der Waals surface area contributed by atoms with E-state index in [2.05, 4.69) is 34.3 Å². The highest BCUT2D eigenvalue weighted by atomic mass is 16.5. The Hall–Kier alpha value is -2.36. The first-order valence-corrected chi connectivity index (χ1v) is 9.11. The number of carbonyl (C=O) groups is 2. The van der Waals surface area contributed by atoms with Crippen LogP contribution in [-0.2, 0) is 11.2 Å². The third-order valence-electron chi connectivity index (χ3n) is 4.47. The van der Waals surface area contributed by atoms with Gasteiger partial charge in [-0.1, -0.05) is 13.8 Å². The Labute approximate surface area is 152 Å². The third kappa shape index (κ3) is 4.63. The average Bonchev–Trinajstić information content (AvgIpc) is 3.08. The Morgan fingerprint density at radius 3 is 2.35 bits per heavy atom. The number of nitrogens with zero attached hydrogens (tertiary/aromatic N) is 5. The second kappa shape index (κ2) is 8.35. The van der Waals surface area contributed by atoms with E-state index in [4.69, 9.17) is 4.74 Å². The molecule has 10 nitrogen and oxygen atoms in total. The van der Waals surface area contributed by atoms with E-state index >= 15 is 0 Å². The number of morpholine rings is 1. The summed E-state index contributed by atoms with van der Waals surface area (Å²) in [5.74, 6) is 1.51. The number of H-pyrrole nitrogens is 1. The topological polar surface area (TPSA) is 107 Å². The molecular weight excluding hydrogens is 338 g/mol. The molecule has 0 atom stereocenters. The van der Waals surface area contributed by atoms with Gasteiger partial charge in [0.2, 0.25) is 5.95 Å². The summed E-state index contributed by atoms with van der Waals surface area (Å²) >= 11 is 0. The quantitative estimate of drug-likeness (QED) is 0.816. The van der Waals surface area contributed by atoms with E-state index in [9.17, 15) is 9.59 Å². The number of aromatic nitrogens is 3. The van der Waals surface area contributed by atoms with E-state index in [0.717, 1.165) is 12.2 Å². The maximum Gasteiger partial charge on any atom is 0.324 e. The van der Waals surface area contributed by atoms with Gasteiger partial charge in [-0.15, -0.1) is 5.10 Å². The molecule has 2 N–H and O–H groups in total. The number of carbonyl (C=O) groups excluding carboxylic acids is 2. The van der Waals surface area contributed by atoms with E-state index < -0.39 is 0 Å². The highest BCUT2D eigenvalue weighted by molar-refractivity contribution is 5.87. The van der Waals surface area contributed by atoms with Crippen LogP contribution in [0.25, 0.3) is 0 Å². The van der Waals surface area contributed by atoms with Gasteiger partial charge in [0.1, 0.15) is 5.82 Å². The molecule has 0 bridgehead atoms. The maximum atomic E-state index is 12.5. The van der Waals surface area contributed by atoms with Crippen molar-refractivity contribution in [2.45, 2.75) is 20.3 Å². The lowest BCUT2D eigenvalue weighted by molar-refractivity contribution is 0.0394. The van der Waals surface area contributed by atoms with Crippen molar-refractivity contribution >= 4 is 18.0 Å². The lowest BCUT2D eigenvalue weighted by Gasteiger charge is -2.38. The summed E-state index contributed by atoms with van der Waals surface area (Å²) < 4.78 is 5.28. The molecular formula is C16H27N7O3. The van der Waals surface area contributed by atoms with Crippen LogP contribution in [0, 0.1) is 5.92 Å². The van der Waals surface area contributed by atoms with E-state index in [1.165, 1.54) is 0 Å². The average molecular weight is 365 g/mol. The smallest absolute Gasteiger partial charge is 0.324 e. The number of hydrogen-bond acceptors (Lipinski definition) is 5. The zero-order chi connectivity index (χ0) is 18.5. The minimum absolute atomic E-state index is 0.0284. The number of nitrogens with one attached hydrogen (secondary N) is 2. The maximum absolute atomic E-state index is 12.5. The van der Waals surface area contributed by atoms with Crippen molar-refractivity contribution in [2.75, 3.05) is 57.8 Å². The van der Waals surface area contributed by atoms with Gasteiger partial charge in [-0.3, -0.25) is 10.4 Å². The summed E-state index contributed by atoms with van der Waals surface area (Å²) in [4.78, 5) is 34.4. The van der Waals surface area contributed by atoms with Crippen molar-refractivity contribution in [1.82, 2.24) is 29.9 Å². The second-order valence-corrected chi connectivity index (χ2v) is 6.99. The van der Waals surface area contributed by atoms with Gasteiger partial charge in [0.25, 0.3) is 0 Å². The zero-order valence-electron chi connectivity index (χ0n) is 15.4. The summed E-state index contributed by atoms with van der Waals surface area (Å²) in [7, 11) is 0. The van der Waals surface area contributed by atoms with E-state index in [1.807, 2.05) is 4.90 Å². The van der Waals surface area contributed by atoms with E-state index in [0.29, 0.717) is 58.4 Å². The zero-order valence-corrected chi connectivity index (χ0v) is 15.4. The minimum Gasteiger partial charge on any atom is -0.378 e. The van der Waals surface area contributed by atoms with Gasteiger partial charge in [0.05, 0.1) is 13.2 Å². The molecule has 2 aliphatic heterocycles. The van der Waals surface area contributed by atoms with Crippen molar-refractivity contribution in [3.8, 4) is 0 Å². The lowest BCUT2D eigenvalue weighted by Crippen LogP contribution is -2.56. The fraction of sp³-hybridized carbons (Fsp3) is 0.750. The van der Waals surface area contributed by atoms with Crippen molar-refractivity contribution in [1.29, 1.82) is 0 Å². The van der Waals surface area contributed by atoms with Gasteiger partial charge >= 0.3 is 12.1 Å². The molecule has 1 aromatic heterocycles. The number of hydrogen-bond donors (Lipinski definition) is 2. The van der Waals surface area contributed by atoms with Gasteiger partial charge in [0.15, 0.2) is 0 Å². The van der Waals surface area contributed by atoms with Gasteiger partial charge in [0, 0.05) is 45.7 Å². The van der Waals surface area contributed by atoms with Gasteiger partial charge in [-0.25, -0.2) is 9.59 Å². The molecule has 2 aliphatic rings. The molecule has 0 unspecified atom stereocenters. The summed E-state index contributed by atoms with van der Waals surface area (Å²) in [6.07, 6.45) is 0.783. The molecule has 0 spiro atoms. The Bertz CT molecular complexity index is 619. The largest absolute Gasteiger partial charge is 0.378 e. The van der Waals surface area contributed by atoms with Crippen molar-refractivity contribution in [2.24, 2.45) is 5.92 Å². The second-order valence-electron chi connectivity index (χ2n) is 6.99. The van der Waals surface area contributed by atoms with E-state index in [-0.39, 0.29) is 18.0 Å². The van der Waals surface area contributed by atoms with Crippen LogP contribution in [0.4, 0.5) is 15.5 Å². The van der Waals surface area contributed by atoms with Crippen molar-refractivity contribution < 1.29 is 14.3 Å². The molecule has 26 heavy (non-hydrogen) atoms. The molecule has 2 saturated heterocycles.